The van der Waals surface area contributed by atoms with Crippen molar-refractivity contribution in [1.29, 1.82) is 5.26 Å². The quantitative estimate of drug-likeness (QED) is 0.833. The van der Waals surface area contributed by atoms with Gasteiger partial charge in [-0.25, -0.2) is 4.98 Å². The summed E-state index contributed by atoms with van der Waals surface area (Å²) in [6.07, 6.45) is 0.367. The number of aryl methyl sites for hydroxylation is 1. The largest absolute Gasteiger partial charge is 0.497 e. The van der Waals surface area contributed by atoms with Crippen molar-refractivity contribution in [3.63, 3.8) is 0 Å². The summed E-state index contributed by atoms with van der Waals surface area (Å²) < 4.78 is 5.19. The Hall–Kier alpha value is -1.86. The van der Waals surface area contributed by atoms with E-state index in [1.54, 1.807) is 18.4 Å². The van der Waals surface area contributed by atoms with Crippen molar-refractivity contribution in [3.8, 4) is 22.4 Å². The lowest BCUT2D eigenvalue weighted by molar-refractivity contribution is 0.415. The fourth-order valence-electron chi connectivity index (χ4n) is 1.55. The van der Waals surface area contributed by atoms with Crippen LogP contribution >= 0.6 is 11.3 Å². The average molecular weight is 244 g/mol. The molecule has 0 amide bonds. The van der Waals surface area contributed by atoms with Gasteiger partial charge < -0.3 is 4.74 Å². The minimum absolute atomic E-state index is 0.367. The molecule has 3 nitrogen and oxygen atoms in total. The van der Waals surface area contributed by atoms with Crippen LogP contribution < -0.4 is 4.74 Å². The van der Waals surface area contributed by atoms with Crippen molar-refractivity contribution in [1.82, 2.24) is 4.98 Å². The van der Waals surface area contributed by atoms with Gasteiger partial charge in [0.1, 0.15) is 10.8 Å². The van der Waals surface area contributed by atoms with Crippen LogP contribution in [0.2, 0.25) is 0 Å². The highest BCUT2D eigenvalue weighted by Crippen LogP contribution is 2.29. The highest BCUT2D eigenvalue weighted by Gasteiger charge is 2.09. The predicted molar refractivity (Wildman–Crippen MR) is 68.2 cm³/mol. The standard InChI is InChI=1S/C13H12N2OS/c1-9-12(6-7-14)15-13(17-9)10-4-3-5-11(8-10)16-2/h3-5,8H,6H2,1-2H3. The molecule has 0 radical (unpaired) electrons. The van der Waals surface area contributed by atoms with Crippen LogP contribution in [0.4, 0.5) is 0 Å². The number of methoxy groups -OCH3 is 1. The SMILES string of the molecule is COc1cccc(-c2nc(CC#N)c(C)s2)c1. The highest BCUT2D eigenvalue weighted by molar-refractivity contribution is 7.15. The number of benzene rings is 1. The lowest BCUT2D eigenvalue weighted by Crippen LogP contribution is -1.85. The molecule has 0 saturated carbocycles. The van der Waals surface area contributed by atoms with Crippen molar-refractivity contribution in [2.75, 3.05) is 7.11 Å². The Morgan fingerprint density at radius 1 is 1.47 bits per heavy atom. The third-order valence-corrected chi connectivity index (χ3v) is 3.52. The molecule has 1 aromatic carbocycles. The van der Waals surface area contributed by atoms with Crippen LogP contribution in [0.3, 0.4) is 0 Å². The Bertz CT molecular complexity index is 569. The normalized spacial score (nSPS) is 9.94. The number of hydrogen-bond acceptors (Lipinski definition) is 4. The van der Waals surface area contributed by atoms with Gasteiger partial charge in [0.2, 0.25) is 0 Å². The number of thiazole rings is 1. The molecule has 17 heavy (non-hydrogen) atoms. The number of rotatable bonds is 3. The maximum atomic E-state index is 8.70. The van der Waals surface area contributed by atoms with E-state index in [0.29, 0.717) is 6.42 Å². The lowest BCUT2D eigenvalue weighted by atomic mass is 10.2. The Morgan fingerprint density at radius 2 is 2.29 bits per heavy atom. The van der Waals surface area contributed by atoms with Gasteiger partial charge in [0, 0.05) is 10.4 Å². The van der Waals surface area contributed by atoms with Crippen molar-refractivity contribution in [3.05, 3.63) is 34.8 Å². The summed E-state index contributed by atoms with van der Waals surface area (Å²) in [7, 11) is 1.65. The second-order valence-corrected chi connectivity index (χ2v) is 4.79. The molecule has 2 rings (SSSR count). The minimum atomic E-state index is 0.367. The number of hydrogen-bond donors (Lipinski definition) is 0. The van der Waals surface area contributed by atoms with Crippen LogP contribution in [0.15, 0.2) is 24.3 Å². The van der Waals surface area contributed by atoms with Gasteiger partial charge in [-0.1, -0.05) is 12.1 Å². The molecule has 86 valence electrons. The summed E-state index contributed by atoms with van der Waals surface area (Å²) >= 11 is 1.61. The number of aromatic nitrogens is 1. The number of nitriles is 1. The van der Waals surface area contributed by atoms with E-state index in [1.807, 2.05) is 31.2 Å². The third kappa shape index (κ3) is 2.45. The fourth-order valence-corrected chi connectivity index (χ4v) is 2.47. The maximum absolute atomic E-state index is 8.70. The molecule has 0 saturated heterocycles. The molecule has 4 heteroatoms. The Kier molecular flexibility index (Phi) is 3.40. The molecule has 0 fully saturated rings. The van der Waals surface area contributed by atoms with Gasteiger partial charge in [-0.3, -0.25) is 0 Å². The molecule has 2 aromatic rings. The summed E-state index contributed by atoms with van der Waals surface area (Å²) in [6, 6.07) is 9.92. The molecule has 0 unspecified atom stereocenters. The van der Waals surface area contributed by atoms with Crippen LogP contribution in [0.5, 0.6) is 5.75 Å². The fraction of sp³-hybridized carbons (Fsp3) is 0.231. The van der Waals surface area contributed by atoms with Gasteiger partial charge in [-0.05, 0) is 19.1 Å². The van der Waals surface area contributed by atoms with Gasteiger partial charge in [-0.2, -0.15) is 5.26 Å². The van der Waals surface area contributed by atoms with Crippen molar-refractivity contribution < 1.29 is 4.74 Å². The summed E-state index contributed by atoms with van der Waals surface area (Å²) in [6.45, 7) is 1.99. The zero-order chi connectivity index (χ0) is 12.3. The van der Waals surface area contributed by atoms with Crippen molar-refractivity contribution in [2.45, 2.75) is 13.3 Å². The minimum Gasteiger partial charge on any atom is -0.497 e. The Morgan fingerprint density at radius 3 is 3.00 bits per heavy atom. The van der Waals surface area contributed by atoms with E-state index >= 15 is 0 Å². The zero-order valence-electron chi connectivity index (χ0n) is 9.73. The average Bonchev–Trinajstić information content (AvgIpc) is 2.72. The molecule has 1 aromatic heterocycles. The topological polar surface area (TPSA) is 45.9 Å². The molecular formula is C13H12N2OS. The highest BCUT2D eigenvalue weighted by atomic mass is 32.1. The second kappa shape index (κ2) is 4.98. The molecule has 0 aliphatic carbocycles. The lowest BCUT2D eigenvalue weighted by Gasteiger charge is -2.00. The van der Waals surface area contributed by atoms with Crippen LogP contribution in [-0.2, 0) is 6.42 Å². The van der Waals surface area contributed by atoms with Crippen molar-refractivity contribution in [2.24, 2.45) is 0 Å². The van der Waals surface area contributed by atoms with E-state index < -0.39 is 0 Å². The van der Waals surface area contributed by atoms with Crippen LogP contribution in [0, 0.1) is 18.3 Å². The molecule has 0 bridgehead atoms. The molecule has 0 atom stereocenters. The molecule has 0 aliphatic heterocycles. The first-order valence-electron chi connectivity index (χ1n) is 5.22. The van der Waals surface area contributed by atoms with E-state index in [9.17, 15) is 0 Å². The summed E-state index contributed by atoms with van der Waals surface area (Å²) in [4.78, 5) is 5.59. The van der Waals surface area contributed by atoms with Crippen LogP contribution in [0.1, 0.15) is 10.6 Å². The van der Waals surface area contributed by atoms with Gasteiger partial charge in [0.25, 0.3) is 0 Å². The van der Waals surface area contributed by atoms with E-state index in [2.05, 4.69) is 11.1 Å². The predicted octanol–water partition coefficient (Wildman–Crippen LogP) is 3.19. The first-order valence-corrected chi connectivity index (χ1v) is 6.04. The van der Waals surface area contributed by atoms with Gasteiger partial charge in [0.15, 0.2) is 0 Å². The van der Waals surface area contributed by atoms with Crippen LogP contribution in [0.25, 0.3) is 10.6 Å². The van der Waals surface area contributed by atoms with Gasteiger partial charge in [-0.15, -0.1) is 11.3 Å². The van der Waals surface area contributed by atoms with Crippen LogP contribution in [-0.4, -0.2) is 12.1 Å². The Labute approximate surface area is 104 Å². The van der Waals surface area contributed by atoms with Crippen molar-refractivity contribution >= 4 is 11.3 Å². The number of nitrogens with zero attached hydrogens (tertiary/aromatic N) is 2. The summed E-state index contributed by atoms with van der Waals surface area (Å²) in [5.74, 6) is 0.817. The third-order valence-electron chi connectivity index (χ3n) is 2.46. The first-order chi connectivity index (χ1) is 8.24. The maximum Gasteiger partial charge on any atom is 0.124 e. The summed E-state index contributed by atoms with van der Waals surface area (Å²) in [5, 5.41) is 9.64. The smallest absolute Gasteiger partial charge is 0.124 e. The van der Waals surface area contributed by atoms with Gasteiger partial charge >= 0.3 is 0 Å². The van der Waals surface area contributed by atoms with Gasteiger partial charge in [0.05, 0.1) is 25.3 Å². The van der Waals surface area contributed by atoms with E-state index in [-0.39, 0.29) is 0 Å². The zero-order valence-corrected chi connectivity index (χ0v) is 10.5. The summed E-state index contributed by atoms with van der Waals surface area (Å²) in [5.41, 5.74) is 1.90. The number of ether oxygens (including phenoxy) is 1. The van der Waals surface area contributed by atoms with E-state index in [0.717, 1.165) is 26.9 Å². The molecule has 0 aliphatic rings. The monoisotopic (exact) mass is 244 g/mol. The van der Waals surface area contributed by atoms with E-state index in [1.165, 1.54) is 0 Å². The molecular weight excluding hydrogens is 232 g/mol. The van der Waals surface area contributed by atoms with E-state index in [4.69, 9.17) is 10.00 Å². The first kappa shape index (κ1) is 11.6. The molecule has 0 N–H and O–H groups in total. The second-order valence-electron chi connectivity index (χ2n) is 3.59. The molecule has 0 spiro atoms. The Balaban J connectivity index is 2.39. The molecule has 1 heterocycles.